The van der Waals surface area contributed by atoms with Crippen LogP contribution in [0, 0.1) is 5.95 Å². The van der Waals surface area contributed by atoms with Crippen LogP contribution in [-0.4, -0.2) is 16.1 Å². The normalized spacial score (nSPS) is 11.1. The molecule has 90 valence electrons. The molecule has 0 amide bonds. The summed E-state index contributed by atoms with van der Waals surface area (Å²) >= 11 is 0. The number of nitrogens with zero attached hydrogens (tertiary/aromatic N) is 2. The summed E-state index contributed by atoms with van der Waals surface area (Å²) in [5.41, 5.74) is 0.616. The van der Waals surface area contributed by atoms with Gasteiger partial charge in [0.2, 0.25) is 5.95 Å². The lowest BCUT2D eigenvalue weighted by atomic mass is 10.2. The molecule has 0 unspecified atom stereocenters. The lowest BCUT2D eigenvalue weighted by Gasteiger charge is -2.10. The molecule has 0 saturated carbocycles. The van der Waals surface area contributed by atoms with Gasteiger partial charge in [0, 0.05) is 6.42 Å². The van der Waals surface area contributed by atoms with Crippen molar-refractivity contribution in [1.29, 1.82) is 0 Å². The van der Waals surface area contributed by atoms with Crippen molar-refractivity contribution in [3.8, 4) is 5.75 Å². The first kappa shape index (κ1) is 11.8. The number of hydrogen-bond donors (Lipinski definition) is 0. The molecule has 3 nitrogen and oxygen atoms in total. The van der Waals surface area contributed by atoms with Crippen molar-refractivity contribution < 1.29 is 9.13 Å². The molecule has 0 N–H and O–H groups in total. The molecule has 17 heavy (non-hydrogen) atoms. The van der Waals surface area contributed by atoms with E-state index in [1.165, 1.54) is 0 Å². The van der Waals surface area contributed by atoms with Crippen LogP contribution in [0.25, 0.3) is 10.9 Å². The number of aryl methyl sites for hydroxylation is 1. The summed E-state index contributed by atoms with van der Waals surface area (Å²) in [5.74, 6) is 0.674. The molecule has 1 heterocycles. The van der Waals surface area contributed by atoms with E-state index in [0.717, 1.165) is 0 Å². The first-order valence-corrected chi connectivity index (χ1v) is 5.73. The average Bonchev–Trinajstić information content (AvgIpc) is 2.29. The molecule has 0 fully saturated rings. The molecule has 1 aromatic carbocycles. The Balaban J connectivity index is 2.50. The van der Waals surface area contributed by atoms with Crippen molar-refractivity contribution in [2.45, 2.75) is 33.3 Å². The molecule has 0 aliphatic rings. The fourth-order valence-electron chi connectivity index (χ4n) is 1.62. The third-order valence-corrected chi connectivity index (χ3v) is 2.36. The number of hydrogen-bond acceptors (Lipinski definition) is 3. The monoisotopic (exact) mass is 234 g/mol. The van der Waals surface area contributed by atoms with Crippen LogP contribution < -0.4 is 4.74 Å². The van der Waals surface area contributed by atoms with E-state index < -0.39 is 5.95 Å². The van der Waals surface area contributed by atoms with Crippen molar-refractivity contribution in [3.63, 3.8) is 0 Å². The minimum Gasteiger partial charge on any atom is -0.491 e. The Morgan fingerprint density at radius 3 is 2.71 bits per heavy atom. The highest BCUT2D eigenvalue weighted by atomic mass is 19.1. The highest BCUT2D eigenvalue weighted by Crippen LogP contribution is 2.22. The Bertz CT molecular complexity index is 540. The molecule has 2 aromatic rings. The minimum absolute atomic E-state index is 0.0614. The van der Waals surface area contributed by atoms with Gasteiger partial charge < -0.3 is 4.74 Å². The second-order valence-electron chi connectivity index (χ2n) is 4.13. The summed E-state index contributed by atoms with van der Waals surface area (Å²) in [6.45, 7) is 5.76. The quantitative estimate of drug-likeness (QED) is 0.765. The van der Waals surface area contributed by atoms with Gasteiger partial charge in [-0.1, -0.05) is 6.92 Å². The van der Waals surface area contributed by atoms with Gasteiger partial charge in [-0.05, 0) is 32.0 Å². The zero-order valence-corrected chi connectivity index (χ0v) is 10.2. The molecule has 0 radical (unpaired) electrons. The molecule has 0 bridgehead atoms. The summed E-state index contributed by atoms with van der Waals surface area (Å²) in [5, 5.41) is 0.403. The second-order valence-corrected chi connectivity index (χ2v) is 4.13. The second kappa shape index (κ2) is 4.65. The van der Waals surface area contributed by atoms with E-state index in [1.807, 2.05) is 20.8 Å². The number of fused-ring (bicyclic) bond motifs is 1. The predicted molar refractivity (Wildman–Crippen MR) is 64.6 cm³/mol. The summed E-state index contributed by atoms with van der Waals surface area (Å²) in [7, 11) is 0. The maximum Gasteiger partial charge on any atom is 0.224 e. The average molecular weight is 234 g/mol. The summed E-state index contributed by atoms with van der Waals surface area (Å²) < 4.78 is 19.3. The number of ether oxygens (including phenoxy) is 1. The smallest absolute Gasteiger partial charge is 0.224 e. The van der Waals surface area contributed by atoms with E-state index >= 15 is 0 Å². The maximum absolute atomic E-state index is 13.7. The SMILES string of the molecule is CCc1nc(F)c2cc(OC(C)C)ccc2n1. The van der Waals surface area contributed by atoms with E-state index in [-0.39, 0.29) is 6.10 Å². The summed E-state index contributed by atoms with van der Waals surface area (Å²) in [6.07, 6.45) is 0.684. The van der Waals surface area contributed by atoms with Crippen LogP contribution in [0.4, 0.5) is 4.39 Å². The summed E-state index contributed by atoms with van der Waals surface area (Å²) in [4.78, 5) is 8.07. The van der Waals surface area contributed by atoms with Crippen LogP contribution in [0.3, 0.4) is 0 Å². The van der Waals surface area contributed by atoms with Crippen molar-refractivity contribution >= 4 is 10.9 Å². The Kier molecular flexibility index (Phi) is 3.22. The highest BCUT2D eigenvalue weighted by molar-refractivity contribution is 5.79. The van der Waals surface area contributed by atoms with Gasteiger partial charge in [-0.25, -0.2) is 9.97 Å². The molecular formula is C13H15FN2O. The van der Waals surface area contributed by atoms with E-state index in [0.29, 0.717) is 28.9 Å². The third kappa shape index (κ3) is 2.52. The molecule has 0 saturated heterocycles. The van der Waals surface area contributed by atoms with Crippen LogP contribution >= 0.6 is 0 Å². The third-order valence-electron chi connectivity index (χ3n) is 2.36. The molecular weight excluding hydrogens is 219 g/mol. The number of rotatable bonds is 3. The van der Waals surface area contributed by atoms with Gasteiger partial charge in [-0.3, -0.25) is 0 Å². The van der Waals surface area contributed by atoms with Gasteiger partial charge in [-0.15, -0.1) is 0 Å². The summed E-state index contributed by atoms with van der Waals surface area (Å²) in [6, 6.07) is 5.20. The zero-order chi connectivity index (χ0) is 12.4. The standard InChI is InChI=1S/C13H15FN2O/c1-4-12-15-11-6-5-9(17-8(2)3)7-10(11)13(14)16-12/h5-8H,4H2,1-3H3. The number of aromatic nitrogens is 2. The van der Waals surface area contributed by atoms with Crippen LogP contribution in [0.15, 0.2) is 18.2 Å². The van der Waals surface area contributed by atoms with Crippen molar-refractivity contribution in [1.82, 2.24) is 9.97 Å². The Hall–Kier alpha value is -1.71. The highest BCUT2D eigenvalue weighted by Gasteiger charge is 2.08. The fraction of sp³-hybridized carbons (Fsp3) is 0.385. The largest absolute Gasteiger partial charge is 0.491 e. The van der Waals surface area contributed by atoms with E-state index in [9.17, 15) is 4.39 Å². The Morgan fingerprint density at radius 2 is 2.06 bits per heavy atom. The molecule has 0 aliphatic carbocycles. The van der Waals surface area contributed by atoms with Crippen LogP contribution in [0.1, 0.15) is 26.6 Å². The lowest BCUT2D eigenvalue weighted by molar-refractivity contribution is 0.242. The lowest BCUT2D eigenvalue weighted by Crippen LogP contribution is -2.05. The minimum atomic E-state index is -0.485. The van der Waals surface area contributed by atoms with Gasteiger partial charge in [-0.2, -0.15) is 4.39 Å². The maximum atomic E-state index is 13.7. The molecule has 2 rings (SSSR count). The number of halogens is 1. The Labute approximate surface area is 99.7 Å². The molecule has 1 aromatic heterocycles. The van der Waals surface area contributed by atoms with Crippen LogP contribution in [0.5, 0.6) is 5.75 Å². The zero-order valence-electron chi connectivity index (χ0n) is 10.2. The molecule has 0 aliphatic heterocycles. The molecule has 4 heteroatoms. The van der Waals surface area contributed by atoms with E-state index in [1.54, 1.807) is 18.2 Å². The van der Waals surface area contributed by atoms with Gasteiger partial charge in [0.05, 0.1) is 17.0 Å². The van der Waals surface area contributed by atoms with Crippen molar-refractivity contribution in [2.75, 3.05) is 0 Å². The molecule has 0 atom stereocenters. The van der Waals surface area contributed by atoms with Gasteiger partial charge >= 0.3 is 0 Å². The number of benzene rings is 1. The van der Waals surface area contributed by atoms with Crippen LogP contribution in [-0.2, 0) is 6.42 Å². The Morgan fingerprint density at radius 1 is 1.29 bits per heavy atom. The van der Waals surface area contributed by atoms with Crippen molar-refractivity contribution in [3.05, 3.63) is 30.0 Å². The fourth-order valence-corrected chi connectivity index (χ4v) is 1.62. The van der Waals surface area contributed by atoms with E-state index in [2.05, 4.69) is 9.97 Å². The topological polar surface area (TPSA) is 35.0 Å². The van der Waals surface area contributed by atoms with Crippen molar-refractivity contribution in [2.24, 2.45) is 0 Å². The van der Waals surface area contributed by atoms with E-state index in [4.69, 9.17) is 4.74 Å². The van der Waals surface area contributed by atoms with Gasteiger partial charge in [0.1, 0.15) is 11.6 Å². The van der Waals surface area contributed by atoms with Crippen LogP contribution in [0.2, 0.25) is 0 Å². The predicted octanol–water partition coefficient (Wildman–Crippen LogP) is 3.12. The van der Waals surface area contributed by atoms with Gasteiger partial charge in [0.15, 0.2) is 0 Å². The molecule has 0 spiro atoms. The first-order chi connectivity index (χ1) is 8.10. The van der Waals surface area contributed by atoms with Gasteiger partial charge in [0.25, 0.3) is 0 Å². The first-order valence-electron chi connectivity index (χ1n) is 5.73.